The van der Waals surface area contributed by atoms with Gasteiger partial charge in [-0.15, -0.1) is 0 Å². The van der Waals surface area contributed by atoms with Crippen LogP contribution in [-0.2, 0) is 6.42 Å². The lowest BCUT2D eigenvalue weighted by molar-refractivity contribution is 0.790. The van der Waals surface area contributed by atoms with Crippen molar-refractivity contribution >= 4 is 5.69 Å². The molecule has 0 saturated heterocycles. The number of hydrogen-bond donors (Lipinski definition) is 1. The molecule has 1 radical (unpaired) electrons. The van der Waals surface area contributed by atoms with Crippen molar-refractivity contribution in [2.24, 2.45) is 0 Å². The van der Waals surface area contributed by atoms with Gasteiger partial charge in [0.05, 0.1) is 0 Å². The standard InChI is InChI=1S/C15H16N/c1-13(12-14-8-4-2-5-9-14)16-15-10-6-3-7-11-15/h2-10,13,16H,12H2,1H3. The molecule has 0 aliphatic heterocycles. The van der Waals surface area contributed by atoms with Crippen molar-refractivity contribution in [1.82, 2.24) is 0 Å². The second kappa shape index (κ2) is 5.36. The Morgan fingerprint density at radius 3 is 2.50 bits per heavy atom. The molecule has 2 aromatic carbocycles. The van der Waals surface area contributed by atoms with Crippen molar-refractivity contribution in [1.29, 1.82) is 0 Å². The number of hydrogen-bond acceptors (Lipinski definition) is 1. The van der Waals surface area contributed by atoms with E-state index in [-0.39, 0.29) is 0 Å². The Balaban J connectivity index is 1.92. The Morgan fingerprint density at radius 2 is 1.81 bits per heavy atom. The third-order valence-electron chi connectivity index (χ3n) is 2.50. The van der Waals surface area contributed by atoms with Crippen LogP contribution in [0.3, 0.4) is 0 Å². The minimum atomic E-state index is 0.418. The fraction of sp³-hybridized carbons (Fsp3) is 0.200. The minimum absolute atomic E-state index is 0.418. The van der Waals surface area contributed by atoms with Crippen LogP contribution in [0.1, 0.15) is 12.5 Å². The van der Waals surface area contributed by atoms with Crippen molar-refractivity contribution < 1.29 is 0 Å². The molecule has 0 heterocycles. The molecule has 1 heteroatoms. The summed E-state index contributed by atoms with van der Waals surface area (Å²) in [6.45, 7) is 2.19. The monoisotopic (exact) mass is 210 g/mol. The molecular weight excluding hydrogens is 194 g/mol. The highest BCUT2D eigenvalue weighted by Crippen LogP contribution is 2.09. The largest absolute Gasteiger partial charge is 0.382 e. The van der Waals surface area contributed by atoms with Crippen molar-refractivity contribution in [3.8, 4) is 0 Å². The summed E-state index contributed by atoms with van der Waals surface area (Å²) in [7, 11) is 0. The Labute approximate surface area is 97.1 Å². The third kappa shape index (κ3) is 3.13. The summed E-state index contributed by atoms with van der Waals surface area (Å²) in [6.07, 6.45) is 1.03. The zero-order valence-corrected chi connectivity index (χ0v) is 9.48. The van der Waals surface area contributed by atoms with Gasteiger partial charge in [-0.05, 0) is 25.0 Å². The summed E-state index contributed by atoms with van der Waals surface area (Å²) < 4.78 is 0. The first-order chi connectivity index (χ1) is 7.84. The molecule has 0 bridgehead atoms. The van der Waals surface area contributed by atoms with Crippen LogP contribution in [0.25, 0.3) is 0 Å². The van der Waals surface area contributed by atoms with Crippen LogP contribution < -0.4 is 5.32 Å². The Bertz CT molecular complexity index is 366. The summed E-state index contributed by atoms with van der Waals surface area (Å²) in [4.78, 5) is 0. The van der Waals surface area contributed by atoms with Crippen molar-refractivity contribution in [3.05, 3.63) is 66.2 Å². The summed E-state index contributed by atoms with van der Waals surface area (Å²) in [5.41, 5.74) is 2.42. The molecule has 1 N–H and O–H groups in total. The molecule has 0 aliphatic carbocycles. The topological polar surface area (TPSA) is 12.0 Å². The maximum Gasteiger partial charge on any atom is 0.0422 e. The van der Waals surface area contributed by atoms with Crippen LogP contribution in [0.4, 0.5) is 5.69 Å². The van der Waals surface area contributed by atoms with E-state index in [0.717, 1.165) is 12.1 Å². The van der Waals surface area contributed by atoms with Crippen LogP contribution in [0, 0.1) is 6.07 Å². The van der Waals surface area contributed by atoms with Crippen LogP contribution in [0.5, 0.6) is 0 Å². The number of benzene rings is 2. The van der Waals surface area contributed by atoms with E-state index in [1.165, 1.54) is 5.56 Å². The number of anilines is 1. The molecule has 16 heavy (non-hydrogen) atoms. The van der Waals surface area contributed by atoms with Gasteiger partial charge in [0.2, 0.25) is 0 Å². The summed E-state index contributed by atoms with van der Waals surface area (Å²) in [5.74, 6) is 0. The van der Waals surface area contributed by atoms with E-state index in [9.17, 15) is 0 Å². The van der Waals surface area contributed by atoms with Gasteiger partial charge in [-0.25, -0.2) is 0 Å². The smallest absolute Gasteiger partial charge is 0.0422 e. The lowest BCUT2D eigenvalue weighted by Gasteiger charge is -2.14. The van der Waals surface area contributed by atoms with Crippen LogP contribution in [0.2, 0.25) is 0 Å². The van der Waals surface area contributed by atoms with Crippen molar-refractivity contribution in [2.75, 3.05) is 5.32 Å². The maximum absolute atomic E-state index is 3.43. The van der Waals surface area contributed by atoms with Crippen LogP contribution >= 0.6 is 0 Å². The normalized spacial score (nSPS) is 12.1. The SMILES string of the molecule is CC(Cc1ccccc1)Nc1[c]cccc1. The van der Waals surface area contributed by atoms with Gasteiger partial charge < -0.3 is 5.32 Å². The Hall–Kier alpha value is -1.76. The van der Waals surface area contributed by atoms with Gasteiger partial charge in [0.1, 0.15) is 0 Å². The maximum atomic E-state index is 3.43. The first kappa shape index (κ1) is 10.7. The quantitative estimate of drug-likeness (QED) is 0.814. The summed E-state index contributed by atoms with van der Waals surface area (Å²) in [6, 6.07) is 22.1. The van der Waals surface area contributed by atoms with Gasteiger partial charge >= 0.3 is 0 Å². The molecule has 1 atom stereocenters. The lowest BCUT2D eigenvalue weighted by atomic mass is 10.1. The fourth-order valence-electron chi connectivity index (χ4n) is 1.77. The van der Waals surface area contributed by atoms with E-state index in [1.807, 2.05) is 30.3 Å². The molecule has 1 nitrogen and oxygen atoms in total. The van der Waals surface area contributed by atoms with E-state index < -0.39 is 0 Å². The van der Waals surface area contributed by atoms with Gasteiger partial charge in [0.15, 0.2) is 0 Å². The lowest BCUT2D eigenvalue weighted by Crippen LogP contribution is -2.17. The molecule has 1 unspecified atom stereocenters. The Kier molecular flexibility index (Phi) is 3.60. The molecule has 0 aromatic heterocycles. The number of rotatable bonds is 4. The molecule has 0 aliphatic rings. The molecule has 81 valence electrons. The van der Waals surface area contributed by atoms with Gasteiger partial charge in [-0.1, -0.05) is 48.5 Å². The molecule has 2 rings (SSSR count). The van der Waals surface area contributed by atoms with Crippen molar-refractivity contribution in [2.45, 2.75) is 19.4 Å². The highest BCUT2D eigenvalue weighted by Gasteiger charge is 2.02. The zero-order chi connectivity index (χ0) is 11.2. The molecule has 0 amide bonds. The second-order valence-corrected chi connectivity index (χ2v) is 4.01. The highest BCUT2D eigenvalue weighted by atomic mass is 14.9. The predicted octanol–water partition coefficient (Wildman–Crippen LogP) is 3.53. The van der Waals surface area contributed by atoms with Gasteiger partial charge in [0.25, 0.3) is 0 Å². The molecule has 0 spiro atoms. The first-order valence-electron chi connectivity index (χ1n) is 5.62. The summed E-state index contributed by atoms with van der Waals surface area (Å²) >= 11 is 0. The van der Waals surface area contributed by atoms with Crippen LogP contribution in [-0.4, -0.2) is 6.04 Å². The molecular formula is C15H16N. The van der Waals surface area contributed by atoms with E-state index in [2.05, 4.69) is 42.6 Å². The van der Waals surface area contributed by atoms with E-state index in [1.54, 1.807) is 0 Å². The van der Waals surface area contributed by atoms with Crippen molar-refractivity contribution in [3.63, 3.8) is 0 Å². The second-order valence-electron chi connectivity index (χ2n) is 4.01. The third-order valence-corrected chi connectivity index (χ3v) is 2.50. The average molecular weight is 210 g/mol. The van der Waals surface area contributed by atoms with E-state index >= 15 is 0 Å². The average Bonchev–Trinajstić information content (AvgIpc) is 2.31. The van der Waals surface area contributed by atoms with Crippen LogP contribution in [0.15, 0.2) is 54.6 Å². The first-order valence-corrected chi connectivity index (χ1v) is 5.62. The van der Waals surface area contributed by atoms with E-state index in [4.69, 9.17) is 0 Å². The summed E-state index contributed by atoms with van der Waals surface area (Å²) in [5, 5.41) is 3.43. The highest BCUT2D eigenvalue weighted by molar-refractivity contribution is 5.42. The predicted molar refractivity (Wildman–Crippen MR) is 68.5 cm³/mol. The Morgan fingerprint density at radius 1 is 1.06 bits per heavy atom. The molecule has 0 fully saturated rings. The number of nitrogens with one attached hydrogen (secondary N) is 1. The van der Waals surface area contributed by atoms with Gasteiger partial charge in [-0.2, -0.15) is 0 Å². The molecule has 0 saturated carbocycles. The number of para-hydroxylation sites is 1. The van der Waals surface area contributed by atoms with Gasteiger partial charge in [0, 0.05) is 17.8 Å². The fourth-order valence-corrected chi connectivity index (χ4v) is 1.77. The van der Waals surface area contributed by atoms with E-state index in [0.29, 0.717) is 6.04 Å². The zero-order valence-electron chi connectivity index (χ0n) is 9.48. The van der Waals surface area contributed by atoms with Gasteiger partial charge in [-0.3, -0.25) is 0 Å². The minimum Gasteiger partial charge on any atom is -0.382 e. The molecule has 2 aromatic rings.